The van der Waals surface area contributed by atoms with Crippen LogP contribution in [0.4, 0.5) is 0 Å². The molecule has 0 aromatic rings. The Kier molecular flexibility index (Phi) is 2.69. The van der Waals surface area contributed by atoms with Crippen molar-refractivity contribution in [2.75, 3.05) is 0 Å². The van der Waals surface area contributed by atoms with Crippen molar-refractivity contribution in [2.24, 2.45) is 5.73 Å². The van der Waals surface area contributed by atoms with Crippen molar-refractivity contribution in [1.82, 2.24) is 0 Å². The zero-order valence-electron chi connectivity index (χ0n) is 7.25. The van der Waals surface area contributed by atoms with E-state index in [-0.39, 0.29) is 5.97 Å². The third-order valence-corrected chi connectivity index (χ3v) is 2.07. The van der Waals surface area contributed by atoms with Gasteiger partial charge in [-0.3, -0.25) is 10.5 Å². The van der Waals surface area contributed by atoms with Gasteiger partial charge in [-0.1, -0.05) is 0 Å². The second kappa shape index (κ2) is 3.41. The Morgan fingerprint density at radius 2 is 2.42 bits per heavy atom. The number of aliphatic hydroxyl groups excluding tert-OH is 1. The summed E-state index contributed by atoms with van der Waals surface area (Å²) in [5.41, 5.74) is 4.82. The molecule has 2 atom stereocenters. The number of hydrogen-bond acceptors (Lipinski definition) is 4. The Morgan fingerprint density at radius 1 is 1.75 bits per heavy atom. The lowest BCUT2D eigenvalue weighted by Crippen LogP contribution is -2.49. The van der Waals surface area contributed by atoms with Crippen molar-refractivity contribution < 1.29 is 14.6 Å². The van der Waals surface area contributed by atoms with Crippen molar-refractivity contribution in [3.05, 3.63) is 0 Å². The molecule has 1 aliphatic rings. The summed E-state index contributed by atoms with van der Waals surface area (Å²) in [6, 6.07) is 0. The molecule has 1 unspecified atom stereocenters. The highest BCUT2D eigenvalue weighted by molar-refractivity contribution is 5.66. The maximum Gasteiger partial charge on any atom is 0.304 e. The molecule has 1 aliphatic carbocycles. The van der Waals surface area contributed by atoms with Gasteiger partial charge in [-0.15, -0.1) is 0 Å². The summed E-state index contributed by atoms with van der Waals surface area (Å²) in [4.78, 5) is 10.6. The average Bonchev–Trinajstić information content (AvgIpc) is 1.82. The van der Waals surface area contributed by atoms with Crippen molar-refractivity contribution in [3.63, 3.8) is 0 Å². The molecular formula is C8H15NO3. The minimum absolute atomic E-state index is 0.354. The van der Waals surface area contributed by atoms with Crippen LogP contribution in [0.5, 0.6) is 0 Å². The molecule has 0 bridgehead atoms. The fourth-order valence-corrected chi connectivity index (χ4v) is 1.62. The van der Waals surface area contributed by atoms with Gasteiger partial charge in [-0.2, -0.15) is 0 Å². The summed E-state index contributed by atoms with van der Waals surface area (Å²) < 4.78 is 4.93. The van der Waals surface area contributed by atoms with Crippen LogP contribution in [-0.2, 0) is 9.53 Å². The number of nitrogens with two attached hydrogens (primary N) is 1. The molecule has 1 saturated carbocycles. The molecule has 0 saturated heterocycles. The summed E-state index contributed by atoms with van der Waals surface area (Å²) in [6.07, 6.45) is 2.13. The van der Waals surface area contributed by atoms with Gasteiger partial charge in [-0.25, -0.2) is 0 Å². The SMILES string of the molecule is CC(=O)OC1(N)CCC[C@@H](O)C1. The van der Waals surface area contributed by atoms with E-state index in [1.54, 1.807) is 0 Å². The third kappa shape index (κ3) is 2.46. The molecule has 0 radical (unpaired) electrons. The standard InChI is InChI=1S/C8H15NO3/c1-6(10)12-8(9)4-2-3-7(11)5-8/h7,11H,2-5,9H2,1H3/t7-,8?/m1/s1. The maximum absolute atomic E-state index is 10.6. The smallest absolute Gasteiger partial charge is 0.304 e. The molecule has 4 heteroatoms. The minimum atomic E-state index is -0.927. The quantitative estimate of drug-likeness (QED) is 0.437. The van der Waals surface area contributed by atoms with E-state index in [9.17, 15) is 9.90 Å². The molecular weight excluding hydrogens is 158 g/mol. The second-order valence-electron chi connectivity index (χ2n) is 3.41. The van der Waals surface area contributed by atoms with Gasteiger partial charge in [0, 0.05) is 19.8 Å². The van der Waals surface area contributed by atoms with Crippen LogP contribution in [0, 0.1) is 0 Å². The van der Waals surface area contributed by atoms with Gasteiger partial charge < -0.3 is 9.84 Å². The van der Waals surface area contributed by atoms with E-state index in [1.165, 1.54) is 6.92 Å². The van der Waals surface area contributed by atoms with Gasteiger partial charge in [0.15, 0.2) is 5.72 Å². The van der Waals surface area contributed by atoms with Crippen LogP contribution < -0.4 is 5.73 Å². The summed E-state index contributed by atoms with van der Waals surface area (Å²) in [7, 11) is 0. The van der Waals surface area contributed by atoms with Gasteiger partial charge in [0.25, 0.3) is 0 Å². The number of esters is 1. The number of carbonyl (C=O) groups excluding carboxylic acids is 1. The zero-order chi connectivity index (χ0) is 9.19. The first-order valence-corrected chi connectivity index (χ1v) is 4.18. The van der Waals surface area contributed by atoms with Gasteiger partial charge in [0.05, 0.1) is 6.10 Å². The molecule has 12 heavy (non-hydrogen) atoms. The second-order valence-corrected chi connectivity index (χ2v) is 3.41. The number of aliphatic hydroxyl groups is 1. The van der Waals surface area contributed by atoms with Crippen molar-refractivity contribution in [3.8, 4) is 0 Å². The van der Waals surface area contributed by atoms with Gasteiger partial charge in [0.1, 0.15) is 0 Å². The Bertz CT molecular complexity index is 183. The molecule has 1 fully saturated rings. The lowest BCUT2D eigenvalue weighted by molar-refractivity contribution is -0.163. The van der Waals surface area contributed by atoms with Crippen LogP contribution in [0.3, 0.4) is 0 Å². The van der Waals surface area contributed by atoms with Gasteiger partial charge in [-0.05, 0) is 12.8 Å². The van der Waals surface area contributed by atoms with Crippen molar-refractivity contribution in [1.29, 1.82) is 0 Å². The number of carbonyl (C=O) groups is 1. The highest BCUT2D eigenvalue weighted by Crippen LogP contribution is 2.27. The van der Waals surface area contributed by atoms with Crippen LogP contribution >= 0.6 is 0 Å². The lowest BCUT2D eigenvalue weighted by atomic mass is 9.90. The molecule has 0 aromatic heterocycles. The number of hydrogen-bond donors (Lipinski definition) is 2. The van der Waals surface area contributed by atoms with Crippen LogP contribution in [0.15, 0.2) is 0 Å². The normalized spacial score (nSPS) is 36.1. The molecule has 0 aromatic carbocycles. The van der Waals surface area contributed by atoms with Crippen LogP contribution in [0.25, 0.3) is 0 Å². The minimum Gasteiger partial charge on any atom is -0.444 e. The first-order valence-electron chi connectivity index (χ1n) is 4.18. The number of rotatable bonds is 1. The van der Waals surface area contributed by atoms with Crippen LogP contribution in [-0.4, -0.2) is 22.9 Å². The predicted octanol–water partition coefficient (Wildman–Crippen LogP) is 0.139. The largest absolute Gasteiger partial charge is 0.444 e. The van der Waals surface area contributed by atoms with E-state index in [4.69, 9.17) is 10.5 Å². The molecule has 70 valence electrons. The zero-order valence-corrected chi connectivity index (χ0v) is 7.25. The topological polar surface area (TPSA) is 72.5 Å². The van der Waals surface area contributed by atoms with E-state index in [0.717, 1.165) is 12.8 Å². The van der Waals surface area contributed by atoms with E-state index < -0.39 is 11.8 Å². The van der Waals surface area contributed by atoms with E-state index in [2.05, 4.69) is 0 Å². The summed E-state index contributed by atoms with van der Waals surface area (Å²) in [5.74, 6) is -0.383. The molecule has 0 aliphatic heterocycles. The molecule has 3 N–H and O–H groups in total. The molecule has 0 heterocycles. The van der Waals surface area contributed by atoms with Crippen molar-refractivity contribution >= 4 is 5.97 Å². The molecule has 0 amide bonds. The summed E-state index contributed by atoms with van der Waals surface area (Å²) in [5, 5.41) is 9.29. The fourth-order valence-electron chi connectivity index (χ4n) is 1.62. The highest BCUT2D eigenvalue weighted by Gasteiger charge is 2.34. The number of ether oxygens (including phenoxy) is 1. The maximum atomic E-state index is 10.6. The summed E-state index contributed by atoms with van der Waals surface area (Å²) >= 11 is 0. The first-order chi connectivity index (χ1) is 5.52. The molecule has 0 spiro atoms. The van der Waals surface area contributed by atoms with Gasteiger partial charge in [0.2, 0.25) is 0 Å². The Morgan fingerprint density at radius 3 is 2.92 bits per heavy atom. The van der Waals surface area contributed by atoms with Crippen LogP contribution in [0.2, 0.25) is 0 Å². The Balaban J connectivity index is 2.51. The van der Waals surface area contributed by atoms with Crippen LogP contribution in [0.1, 0.15) is 32.6 Å². The fraction of sp³-hybridized carbons (Fsp3) is 0.875. The lowest BCUT2D eigenvalue weighted by Gasteiger charge is -2.34. The first kappa shape index (κ1) is 9.48. The Hall–Kier alpha value is -0.610. The van der Waals surface area contributed by atoms with Gasteiger partial charge >= 0.3 is 5.97 Å². The van der Waals surface area contributed by atoms with E-state index in [0.29, 0.717) is 12.8 Å². The highest BCUT2D eigenvalue weighted by atomic mass is 16.6. The van der Waals surface area contributed by atoms with E-state index >= 15 is 0 Å². The molecule has 4 nitrogen and oxygen atoms in total. The Labute approximate surface area is 71.7 Å². The summed E-state index contributed by atoms with van der Waals surface area (Å²) in [6.45, 7) is 1.33. The third-order valence-electron chi connectivity index (χ3n) is 2.07. The monoisotopic (exact) mass is 173 g/mol. The van der Waals surface area contributed by atoms with E-state index in [1.807, 2.05) is 0 Å². The van der Waals surface area contributed by atoms with Crippen molar-refractivity contribution in [2.45, 2.75) is 44.4 Å². The predicted molar refractivity (Wildman–Crippen MR) is 43.2 cm³/mol. The average molecular weight is 173 g/mol. The molecule has 1 rings (SSSR count).